The van der Waals surface area contributed by atoms with Gasteiger partial charge in [-0.2, -0.15) is 0 Å². The molecule has 102 valence electrons. The molecule has 1 fully saturated rings. The lowest BCUT2D eigenvalue weighted by molar-refractivity contribution is -0.125. The molecule has 0 bridgehead atoms. The smallest absolute Gasteiger partial charge is 0.261 e. The van der Waals surface area contributed by atoms with Crippen LogP contribution in [-0.4, -0.2) is 23.3 Å². The van der Waals surface area contributed by atoms with Crippen molar-refractivity contribution in [3.05, 3.63) is 34.1 Å². The molecule has 1 heterocycles. The fourth-order valence-corrected chi connectivity index (χ4v) is 2.91. The van der Waals surface area contributed by atoms with Gasteiger partial charge in [0.25, 0.3) is 5.91 Å². The zero-order chi connectivity index (χ0) is 14.0. The third-order valence-electron chi connectivity index (χ3n) is 3.31. The van der Waals surface area contributed by atoms with Gasteiger partial charge in [-0.15, -0.1) is 0 Å². The van der Waals surface area contributed by atoms with Gasteiger partial charge < -0.3 is 0 Å². The van der Waals surface area contributed by atoms with Crippen molar-refractivity contribution in [2.45, 2.75) is 26.2 Å². The molecule has 0 aliphatic carbocycles. The van der Waals surface area contributed by atoms with Crippen LogP contribution in [0.15, 0.2) is 22.7 Å². The molecule has 3 nitrogen and oxygen atoms in total. The average molecular weight is 328 g/mol. The number of amides is 2. The van der Waals surface area contributed by atoms with E-state index in [-0.39, 0.29) is 17.7 Å². The first-order valence-corrected chi connectivity index (χ1v) is 7.12. The van der Waals surface area contributed by atoms with Crippen molar-refractivity contribution in [2.75, 3.05) is 6.54 Å². The van der Waals surface area contributed by atoms with Gasteiger partial charge in [-0.05, 0) is 46.5 Å². The largest absolute Gasteiger partial charge is 0.278 e. The number of benzene rings is 1. The van der Waals surface area contributed by atoms with Gasteiger partial charge in [0.05, 0.1) is 5.56 Å². The van der Waals surface area contributed by atoms with Crippen LogP contribution in [0.25, 0.3) is 0 Å². The number of likely N-dealkylation sites (tertiary alicyclic amines) is 1. The van der Waals surface area contributed by atoms with Crippen LogP contribution in [0, 0.1) is 11.7 Å². The van der Waals surface area contributed by atoms with Crippen molar-refractivity contribution in [3.8, 4) is 0 Å². The van der Waals surface area contributed by atoms with E-state index in [1.807, 2.05) is 0 Å². The van der Waals surface area contributed by atoms with Crippen molar-refractivity contribution in [1.29, 1.82) is 0 Å². The summed E-state index contributed by atoms with van der Waals surface area (Å²) in [5.74, 6) is -0.657. The van der Waals surface area contributed by atoms with Gasteiger partial charge in [0.15, 0.2) is 0 Å². The number of imide groups is 1. The molecule has 5 heteroatoms. The minimum Gasteiger partial charge on any atom is -0.278 e. The summed E-state index contributed by atoms with van der Waals surface area (Å²) >= 11 is 3.16. The van der Waals surface area contributed by atoms with E-state index in [1.54, 1.807) is 0 Å². The lowest BCUT2D eigenvalue weighted by atomic mass is 10.0. The summed E-state index contributed by atoms with van der Waals surface area (Å²) in [6, 6.07) is 3.86. The van der Waals surface area contributed by atoms with Crippen molar-refractivity contribution in [2.24, 2.45) is 5.92 Å². The van der Waals surface area contributed by atoms with E-state index in [2.05, 4.69) is 22.9 Å². The number of hydrogen-bond donors (Lipinski definition) is 0. The normalized spacial score (nSPS) is 19.0. The first-order valence-electron chi connectivity index (χ1n) is 6.32. The number of rotatable bonds is 3. The molecular weight excluding hydrogens is 313 g/mol. The average Bonchev–Trinajstić information content (AvgIpc) is 2.70. The Bertz CT molecular complexity index is 518. The highest BCUT2D eigenvalue weighted by Crippen LogP contribution is 2.26. The monoisotopic (exact) mass is 327 g/mol. The third-order valence-corrected chi connectivity index (χ3v) is 3.96. The van der Waals surface area contributed by atoms with Crippen LogP contribution in [-0.2, 0) is 4.79 Å². The lowest BCUT2D eigenvalue weighted by Gasteiger charge is -2.15. The highest BCUT2D eigenvalue weighted by molar-refractivity contribution is 9.10. The van der Waals surface area contributed by atoms with Gasteiger partial charge in [0.2, 0.25) is 5.91 Å². The molecule has 1 aliphatic rings. The molecule has 2 amide bonds. The quantitative estimate of drug-likeness (QED) is 0.798. The first-order chi connectivity index (χ1) is 9.02. The molecule has 1 aromatic carbocycles. The summed E-state index contributed by atoms with van der Waals surface area (Å²) in [7, 11) is 0. The molecule has 1 unspecified atom stereocenters. The molecule has 0 radical (unpaired) electrons. The van der Waals surface area contributed by atoms with Gasteiger partial charge in [-0.3, -0.25) is 14.5 Å². The topological polar surface area (TPSA) is 37.4 Å². The maximum Gasteiger partial charge on any atom is 0.261 e. The molecule has 0 spiro atoms. The molecule has 1 aromatic rings. The second kappa shape index (κ2) is 5.82. The number of carbonyl (C=O) groups is 2. The van der Waals surface area contributed by atoms with E-state index in [0.717, 1.165) is 12.8 Å². The summed E-state index contributed by atoms with van der Waals surface area (Å²) < 4.78 is 13.4. The highest BCUT2D eigenvalue weighted by atomic mass is 79.9. The minimum absolute atomic E-state index is 0.139. The fraction of sp³-hybridized carbons (Fsp3) is 0.429. The van der Waals surface area contributed by atoms with Crippen LogP contribution >= 0.6 is 15.9 Å². The Labute approximate surface area is 119 Å². The van der Waals surface area contributed by atoms with Crippen molar-refractivity contribution in [1.82, 2.24) is 4.90 Å². The maximum atomic E-state index is 13.0. The number of nitrogens with zero attached hydrogens (tertiary/aromatic N) is 1. The van der Waals surface area contributed by atoms with Crippen LogP contribution in [0.5, 0.6) is 0 Å². The molecular formula is C14H15BrFNO2. The maximum absolute atomic E-state index is 13.0. The van der Waals surface area contributed by atoms with Gasteiger partial charge in [0, 0.05) is 17.4 Å². The molecule has 1 saturated heterocycles. The van der Waals surface area contributed by atoms with Gasteiger partial charge in [-0.25, -0.2) is 4.39 Å². The van der Waals surface area contributed by atoms with Crippen LogP contribution in [0.2, 0.25) is 0 Å². The Kier molecular flexibility index (Phi) is 4.34. The van der Waals surface area contributed by atoms with Crippen LogP contribution in [0.1, 0.15) is 36.5 Å². The predicted molar refractivity (Wildman–Crippen MR) is 73.2 cm³/mol. The summed E-state index contributed by atoms with van der Waals surface area (Å²) in [5.41, 5.74) is 0.326. The highest BCUT2D eigenvalue weighted by Gasteiger charge is 2.34. The summed E-state index contributed by atoms with van der Waals surface area (Å²) in [6.45, 7) is 2.53. The number of hydrogen-bond acceptors (Lipinski definition) is 2. The second-order valence-corrected chi connectivity index (χ2v) is 5.65. The Morgan fingerprint density at radius 3 is 2.89 bits per heavy atom. The predicted octanol–water partition coefficient (Wildman–Crippen LogP) is 3.38. The molecule has 0 aromatic heterocycles. The lowest BCUT2D eigenvalue weighted by Crippen LogP contribution is -2.32. The summed E-state index contributed by atoms with van der Waals surface area (Å²) in [6.07, 6.45) is 2.37. The molecule has 19 heavy (non-hydrogen) atoms. The molecule has 0 N–H and O–H groups in total. The number of halogens is 2. The Hall–Kier alpha value is -1.23. The van der Waals surface area contributed by atoms with E-state index < -0.39 is 5.82 Å². The molecule has 1 atom stereocenters. The van der Waals surface area contributed by atoms with E-state index in [1.165, 1.54) is 23.1 Å². The van der Waals surface area contributed by atoms with Crippen LogP contribution < -0.4 is 0 Å². The first kappa shape index (κ1) is 14.2. The molecule has 1 aliphatic heterocycles. The summed E-state index contributed by atoms with van der Waals surface area (Å²) in [4.78, 5) is 25.4. The third kappa shape index (κ3) is 3.03. The second-order valence-electron chi connectivity index (χ2n) is 4.79. The Balaban J connectivity index is 2.18. The Morgan fingerprint density at radius 2 is 2.26 bits per heavy atom. The Morgan fingerprint density at radius 1 is 1.53 bits per heavy atom. The van der Waals surface area contributed by atoms with E-state index >= 15 is 0 Å². The zero-order valence-corrected chi connectivity index (χ0v) is 12.2. The minimum atomic E-state index is -0.417. The van der Waals surface area contributed by atoms with E-state index in [9.17, 15) is 14.0 Å². The standard InChI is InChI=1S/C14H15BrFNO2/c1-2-3-9-6-13(18)17(8-9)14(19)11-5-4-10(16)7-12(11)15/h4-5,7,9H,2-3,6,8H2,1H3. The van der Waals surface area contributed by atoms with Crippen molar-refractivity contribution < 1.29 is 14.0 Å². The van der Waals surface area contributed by atoms with Crippen LogP contribution in [0.3, 0.4) is 0 Å². The van der Waals surface area contributed by atoms with Gasteiger partial charge in [-0.1, -0.05) is 13.3 Å². The SMILES string of the molecule is CCCC1CC(=O)N(C(=O)c2ccc(F)cc2Br)C1. The molecule has 2 rings (SSSR count). The molecule has 0 saturated carbocycles. The number of carbonyl (C=O) groups excluding carboxylic acids is 2. The van der Waals surface area contributed by atoms with Gasteiger partial charge >= 0.3 is 0 Å². The van der Waals surface area contributed by atoms with E-state index in [4.69, 9.17) is 0 Å². The van der Waals surface area contributed by atoms with E-state index in [0.29, 0.717) is 23.0 Å². The fourth-order valence-electron chi connectivity index (χ4n) is 2.39. The van der Waals surface area contributed by atoms with Crippen molar-refractivity contribution in [3.63, 3.8) is 0 Å². The summed E-state index contributed by atoms with van der Waals surface area (Å²) in [5, 5.41) is 0. The van der Waals surface area contributed by atoms with Gasteiger partial charge in [0.1, 0.15) is 5.82 Å². The zero-order valence-electron chi connectivity index (χ0n) is 10.7. The van der Waals surface area contributed by atoms with Crippen LogP contribution in [0.4, 0.5) is 4.39 Å². The van der Waals surface area contributed by atoms with Crippen molar-refractivity contribution >= 4 is 27.7 Å².